The Morgan fingerprint density at radius 3 is 3.17 bits per heavy atom. The van der Waals surface area contributed by atoms with Crippen molar-refractivity contribution in [2.75, 3.05) is 33.5 Å². The quantitative estimate of drug-likeness (QED) is 0.608. The van der Waals surface area contributed by atoms with Crippen molar-refractivity contribution in [2.24, 2.45) is 5.73 Å². The van der Waals surface area contributed by atoms with E-state index >= 15 is 0 Å². The van der Waals surface area contributed by atoms with E-state index in [0.717, 1.165) is 0 Å². The second-order valence-electron chi connectivity index (χ2n) is 2.72. The molecule has 0 aliphatic carbocycles. The fourth-order valence-corrected chi connectivity index (χ4v) is 1.28. The predicted molar refractivity (Wildman–Crippen MR) is 42.8 cm³/mol. The van der Waals surface area contributed by atoms with Gasteiger partial charge in [0.2, 0.25) is 0 Å². The number of methoxy groups -OCH3 is 1. The smallest absolute Gasteiger partial charge is 0.315 e. The van der Waals surface area contributed by atoms with E-state index < -0.39 is 6.03 Å². The minimum absolute atomic E-state index is 0.0266. The minimum atomic E-state index is -0.402. The number of morpholine rings is 1. The lowest BCUT2D eigenvalue weighted by atomic mass is 10.2. The first-order valence-electron chi connectivity index (χ1n) is 3.88. The lowest BCUT2D eigenvalue weighted by molar-refractivity contribution is -0.0142. The van der Waals surface area contributed by atoms with E-state index in [-0.39, 0.29) is 6.04 Å². The highest BCUT2D eigenvalue weighted by Crippen LogP contribution is 2.06. The zero-order chi connectivity index (χ0) is 8.97. The largest absolute Gasteiger partial charge is 0.382 e. The van der Waals surface area contributed by atoms with Crippen molar-refractivity contribution in [1.82, 2.24) is 4.90 Å². The van der Waals surface area contributed by atoms with Gasteiger partial charge in [-0.25, -0.2) is 4.79 Å². The van der Waals surface area contributed by atoms with Crippen LogP contribution in [0.4, 0.5) is 4.79 Å². The average Bonchev–Trinajstić information content (AvgIpc) is 2.05. The highest BCUT2D eigenvalue weighted by Gasteiger charge is 2.25. The molecular formula is C7H14N2O3. The van der Waals surface area contributed by atoms with Gasteiger partial charge < -0.3 is 20.1 Å². The van der Waals surface area contributed by atoms with Crippen molar-refractivity contribution in [3.05, 3.63) is 0 Å². The second-order valence-corrected chi connectivity index (χ2v) is 2.72. The number of amides is 2. The highest BCUT2D eigenvalue weighted by atomic mass is 16.5. The Hall–Kier alpha value is -0.810. The zero-order valence-electron chi connectivity index (χ0n) is 7.16. The summed E-state index contributed by atoms with van der Waals surface area (Å²) < 4.78 is 10.1. The van der Waals surface area contributed by atoms with Gasteiger partial charge in [-0.1, -0.05) is 0 Å². The van der Waals surface area contributed by atoms with Crippen LogP contribution in [0.2, 0.25) is 0 Å². The van der Waals surface area contributed by atoms with E-state index in [1.54, 1.807) is 12.0 Å². The molecular weight excluding hydrogens is 160 g/mol. The number of hydrogen-bond acceptors (Lipinski definition) is 3. The second kappa shape index (κ2) is 4.27. The van der Waals surface area contributed by atoms with Crippen LogP contribution >= 0.6 is 0 Å². The molecule has 70 valence electrons. The van der Waals surface area contributed by atoms with Crippen molar-refractivity contribution in [2.45, 2.75) is 6.04 Å². The van der Waals surface area contributed by atoms with Gasteiger partial charge in [-0.15, -0.1) is 0 Å². The van der Waals surface area contributed by atoms with Gasteiger partial charge in [-0.3, -0.25) is 0 Å². The maximum Gasteiger partial charge on any atom is 0.315 e. The molecule has 1 rings (SSSR count). The van der Waals surface area contributed by atoms with E-state index in [0.29, 0.717) is 26.4 Å². The van der Waals surface area contributed by atoms with Gasteiger partial charge in [0.25, 0.3) is 0 Å². The van der Waals surface area contributed by atoms with Crippen LogP contribution in [-0.2, 0) is 9.47 Å². The summed E-state index contributed by atoms with van der Waals surface area (Å²) in [4.78, 5) is 12.5. The highest BCUT2D eigenvalue weighted by molar-refractivity contribution is 5.72. The third-order valence-electron chi connectivity index (χ3n) is 1.87. The third-order valence-corrected chi connectivity index (χ3v) is 1.87. The van der Waals surface area contributed by atoms with Gasteiger partial charge in [-0.05, 0) is 0 Å². The van der Waals surface area contributed by atoms with E-state index in [1.165, 1.54) is 0 Å². The summed E-state index contributed by atoms with van der Waals surface area (Å²) >= 11 is 0. The monoisotopic (exact) mass is 174 g/mol. The topological polar surface area (TPSA) is 64.8 Å². The van der Waals surface area contributed by atoms with Crippen LogP contribution in [0, 0.1) is 0 Å². The number of urea groups is 1. The average molecular weight is 174 g/mol. The van der Waals surface area contributed by atoms with Gasteiger partial charge >= 0.3 is 6.03 Å². The van der Waals surface area contributed by atoms with E-state index in [4.69, 9.17) is 15.2 Å². The number of hydrogen-bond donors (Lipinski definition) is 1. The number of rotatable bonds is 2. The van der Waals surface area contributed by atoms with Crippen molar-refractivity contribution in [3.8, 4) is 0 Å². The molecule has 0 spiro atoms. The Labute approximate surface area is 71.4 Å². The first-order chi connectivity index (χ1) is 5.75. The summed E-state index contributed by atoms with van der Waals surface area (Å²) in [6.45, 7) is 2.10. The molecule has 0 aromatic rings. The molecule has 5 heteroatoms. The van der Waals surface area contributed by atoms with Crippen LogP contribution in [0.5, 0.6) is 0 Å². The van der Waals surface area contributed by atoms with Crippen LogP contribution < -0.4 is 5.73 Å². The third kappa shape index (κ3) is 2.09. The van der Waals surface area contributed by atoms with Gasteiger partial charge in [-0.2, -0.15) is 0 Å². The lowest BCUT2D eigenvalue weighted by Crippen LogP contribution is -2.52. The fraction of sp³-hybridized carbons (Fsp3) is 0.857. The molecule has 0 radical (unpaired) electrons. The van der Waals surface area contributed by atoms with Crippen molar-refractivity contribution in [1.29, 1.82) is 0 Å². The van der Waals surface area contributed by atoms with Crippen molar-refractivity contribution in [3.63, 3.8) is 0 Å². The Kier molecular flexibility index (Phi) is 3.31. The van der Waals surface area contributed by atoms with Crippen LogP contribution in [0.15, 0.2) is 0 Å². The number of primary amides is 1. The van der Waals surface area contributed by atoms with E-state index in [1.807, 2.05) is 0 Å². The lowest BCUT2D eigenvalue weighted by Gasteiger charge is -2.33. The van der Waals surface area contributed by atoms with Crippen LogP contribution in [0.3, 0.4) is 0 Å². The maximum atomic E-state index is 10.9. The van der Waals surface area contributed by atoms with Crippen LogP contribution in [-0.4, -0.2) is 50.4 Å². The standard InChI is InChI=1S/C7H14N2O3/c1-11-4-6-5-12-3-2-9(6)7(8)10/h6H,2-5H2,1H3,(H2,8,10)/t6-/m0/s1. The zero-order valence-corrected chi connectivity index (χ0v) is 7.16. The molecule has 1 heterocycles. The normalized spacial score (nSPS) is 24.1. The van der Waals surface area contributed by atoms with E-state index in [9.17, 15) is 4.79 Å². The first kappa shape index (κ1) is 9.28. The van der Waals surface area contributed by atoms with E-state index in [2.05, 4.69) is 0 Å². The Morgan fingerprint density at radius 2 is 2.58 bits per heavy atom. The first-order valence-corrected chi connectivity index (χ1v) is 3.88. The van der Waals surface area contributed by atoms with Crippen LogP contribution in [0.25, 0.3) is 0 Å². The van der Waals surface area contributed by atoms with Gasteiger partial charge in [0.15, 0.2) is 0 Å². The summed E-state index contributed by atoms with van der Waals surface area (Å²) in [5.41, 5.74) is 5.16. The summed E-state index contributed by atoms with van der Waals surface area (Å²) in [7, 11) is 1.59. The Bertz CT molecular complexity index is 161. The molecule has 1 atom stereocenters. The Morgan fingerprint density at radius 1 is 1.83 bits per heavy atom. The summed E-state index contributed by atoms with van der Waals surface area (Å²) in [6.07, 6.45) is 0. The van der Waals surface area contributed by atoms with Crippen LogP contribution in [0.1, 0.15) is 0 Å². The number of carbonyl (C=O) groups excluding carboxylic acids is 1. The summed E-state index contributed by atoms with van der Waals surface area (Å²) in [6, 6.07) is -0.429. The van der Waals surface area contributed by atoms with Gasteiger partial charge in [0.1, 0.15) is 0 Å². The molecule has 0 unspecified atom stereocenters. The SMILES string of the molecule is COC[C@H]1COCCN1C(N)=O. The fourth-order valence-electron chi connectivity index (χ4n) is 1.28. The van der Waals surface area contributed by atoms with Gasteiger partial charge in [0, 0.05) is 13.7 Å². The molecule has 1 aliphatic heterocycles. The number of ether oxygens (including phenoxy) is 2. The molecule has 0 aromatic carbocycles. The molecule has 2 amide bonds. The number of carbonyl (C=O) groups is 1. The molecule has 12 heavy (non-hydrogen) atoms. The number of nitrogens with zero attached hydrogens (tertiary/aromatic N) is 1. The van der Waals surface area contributed by atoms with Crippen molar-refractivity contribution < 1.29 is 14.3 Å². The molecule has 0 saturated carbocycles. The van der Waals surface area contributed by atoms with Gasteiger partial charge in [0.05, 0.1) is 25.9 Å². The molecule has 2 N–H and O–H groups in total. The molecule has 5 nitrogen and oxygen atoms in total. The molecule has 0 aromatic heterocycles. The molecule has 0 bridgehead atoms. The summed E-state index contributed by atoms with van der Waals surface area (Å²) in [5, 5.41) is 0. The minimum Gasteiger partial charge on any atom is -0.382 e. The number of nitrogens with two attached hydrogens (primary N) is 1. The molecule has 1 aliphatic rings. The maximum absolute atomic E-state index is 10.9. The Balaban J connectivity index is 2.48. The molecule has 1 saturated heterocycles. The summed E-state index contributed by atoms with van der Waals surface area (Å²) in [5.74, 6) is 0. The predicted octanol–water partition coefficient (Wildman–Crippen LogP) is -0.588. The molecule has 1 fully saturated rings. The van der Waals surface area contributed by atoms with Crippen molar-refractivity contribution >= 4 is 6.03 Å².